The third-order valence-corrected chi connectivity index (χ3v) is 5.49. The molecule has 0 spiro atoms. The predicted molar refractivity (Wildman–Crippen MR) is 91.0 cm³/mol. The molecule has 126 valence electrons. The second kappa shape index (κ2) is 5.51. The van der Waals surface area contributed by atoms with E-state index in [-0.39, 0.29) is 16.5 Å². The van der Waals surface area contributed by atoms with Crippen LogP contribution in [0.25, 0.3) is 11.2 Å². The first-order valence-electron chi connectivity index (χ1n) is 8.03. The molecule has 0 N–H and O–H groups in total. The van der Waals surface area contributed by atoms with Gasteiger partial charge in [0, 0.05) is 20.6 Å². The maximum Gasteiger partial charge on any atom is 0.332 e. The van der Waals surface area contributed by atoms with Crippen LogP contribution in [0.4, 0.5) is 0 Å². The zero-order chi connectivity index (χ0) is 16.9. The van der Waals surface area contributed by atoms with Crippen molar-refractivity contribution in [1.29, 1.82) is 0 Å². The van der Waals surface area contributed by atoms with Gasteiger partial charge in [-0.1, -0.05) is 13.8 Å². The van der Waals surface area contributed by atoms with Crippen molar-refractivity contribution in [3.8, 4) is 0 Å². The summed E-state index contributed by atoms with van der Waals surface area (Å²) in [6, 6.07) is 0. The van der Waals surface area contributed by atoms with Crippen LogP contribution < -0.4 is 11.2 Å². The number of rotatable bonds is 2. The summed E-state index contributed by atoms with van der Waals surface area (Å²) in [5.41, 5.74) is 0.461. The van der Waals surface area contributed by atoms with Crippen molar-refractivity contribution >= 4 is 22.8 Å². The summed E-state index contributed by atoms with van der Waals surface area (Å²) in [5, 5.41) is 0.281. The lowest BCUT2D eigenvalue weighted by Gasteiger charge is -2.34. The van der Waals surface area contributed by atoms with E-state index < -0.39 is 0 Å². The minimum atomic E-state index is -0.386. The molecule has 1 aliphatic carbocycles. The Kier molecular flexibility index (Phi) is 3.91. The van der Waals surface area contributed by atoms with E-state index in [1.54, 1.807) is 11.6 Å². The van der Waals surface area contributed by atoms with Gasteiger partial charge in [-0.2, -0.15) is 4.98 Å². The third kappa shape index (κ3) is 2.73. The highest BCUT2D eigenvalue weighted by Gasteiger charge is 2.28. The van der Waals surface area contributed by atoms with Crippen LogP contribution in [0.3, 0.4) is 0 Å². The molecule has 7 heteroatoms. The Labute approximate surface area is 139 Å². The molecule has 23 heavy (non-hydrogen) atoms. The number of aryl methyl sites for hydroxylation is 1. The van der Waals surface area contributed by atoms with Gasteiger partial charge in [-0.15, -0.1) is 0 Å². The van der Waals surface area contributed by atoms with E-state index in [0.717, 1.165) is 17.4 Å². The fourth-order valence-electron chi connectivity index (χ4n) is 3.49. The fraction of sp³-hybridized carbons (Fsp3) is 0.688. The number of aromatic nitrogens is 4. The van der Waals surface area contributed by atoms with Gasteiger partial charge < -0.3 is 4.57 Å². The fourth-order valence-corrected chi connectivity index (χ4v) is 3.72. The molecule has 0 atom stereocenters. The van der Waals surface area contributed by atoms with Gasteiger partial charge in [-0.25, -0.2) is 4.79 Å². The summed E-state index contributed by atoms with van der Waals surface area (Å²) < 4.78 is 4.27. The van der Waals surface area contributed by atoms with Crippen molar-refractivity contribution in [2.75, 3.05) is 0 Å². The topological polar surface area (TPSA) is 61.8 Å². The maximum atomic E-state index is 12.5. The zero-order valence-corrected chi connectivity index (χ0v) is 14.9. The molecule has 0 bridgehead atoms. The molecular weight excluding hydrogens is 316 g/mol. The molecule has 1 aliphatic rings. The van der Waals surface area contributed by atoms with Gasteiger partial charge in [0.15, 0.2) is 11.2 Å². The molecule has 0 aromatic carbocycles. The highest BCUT2D eigenvalue weighted by atomic mass is 35.5. The van der Waals surface area contributed by atoms with E-state index in [1.807, 2.05) is 0 Å². The van der Waals surface area contributed by atoms with E-state index in [4.69, 9.17) is 11.6 Å². The van der Waals surface area contributed by atoms with E-state index in [1.165, 1.54) is 24.5 Å². The van der Waals surface area contributed by atoms with Gasteiger partial charge in [0.05, 0.1) is 0 Å². The number of hydrogen-bond donors (Lipinski definition) is 0. The summed E-state index contributed by atoms with van der Waals surface area (Å²) in [6.45, 7) is 5.28. The molecule has 6 nitrogen and oxygen atoms in total. The number of nitrogens with zero attached hydrogens (tertiary/aromatic N) is 4. The van der Waals surface area contributed by atoms with Crippen LogP contribution in [0.2, 0.25) is 5.28 Å². The van der Waals surface area contributed by atoms with E-state index in [9.17, 15) is 9.59 Å². The van der Waals surface area contributed by atoms with Crippen LogP contribution in [0.5, 0.6) is 0 Å². The normalized spacial score (nSPS) is 18.7. The van der Waals surface area contributed by atoms with Gasteiger partial charge in [-0.05, 0) is 48.6 Å². The number of fused-ring (bicyclic) bond motifs is 1. The summed E-state index contributed by atoms with van der Waals surface area (Å²) >= 11 is 6.28. The Morgan fingerprint density at radius 1 is 1.17 bits per heavy atom. The molecule has 0 aliphatic heterocycles. The van der Waals surface area contributed by atoms with E-state index in [2.05, 4.69) is 18.8 Å². The zero-order valence-electron chi connectivity index (χ0n) is 14.1. The Bertz CT molecular complexity index is 865. The smallest absolute Gasteiger partial charge is 0.308 e. The van der Waals surface area contributed by atoms with Gasteiger partial charge in [0.25, 0.3) is 5.56 Å². The highest BCUT2D eigenvalue weighted by molar-refractivity contribution is 6.29. The second-order valence-electron chi connectivity index (χ2n) is 7.48. The molecule has 1 saturated carbocycles. The molecule has 1 fully saturated rings. The average molecular weight is 339 g/mol. The summed E-state index contributed by atoms with van der Waals surface area (Å²) in [6.07, 6.45) is 4.60. The lowest BCUT2D eigenvalue weighted by Crippen LogP contribution is -2.37. The van der Waals surface area contributed by atoms with Gasteiger partial charge >= 0.3 is 5.69 Å². The summed E-state index contributed by atoms with van der Waals surface area (Å²) in [7, 11) is 3.10. The van der Waals surface area contributed by atoms with Crippen LogP contribution in [-0.2, 0) is 20.6 Å². The Hall–Kier alpha value is -1.56. The van der Waals surface area contributed by atoms with Crippen LogP contribution in [0, 0.1) is 11.3 Å². The first kappa shape index (κ1) is 16.3. The van der Waals surface area contributed by atoms with Crippen LogP contribution in [0.1, 0.15) is 39.5 Å². The number of hydrogen-bond acceptors (Lipinski definition) is 3. The minimum absolute atomic E-state index is 0.281. The second-order valence-corrected chi connectivity index (χ2v) is 7.82. The molecule has 2 aromatic heterocycles. The average Bonchev–Trinajstić information content (AvgIpc) is 2.82. The molecular formula is C16H23ClN4O2. The number of imidazole rings is 1. The van der Waals surface area contributed by atoms with Crippen molar-refractivity contribution in [3.05, 3.63) is 26.1 Å². The predicted octanol–water partition coefficient (Wildman–Crippen LogP) is 2.30. The summed E-state index contributed by atoms with van der Waals surface area (Å²) in [5.74, 6) is 0.486. The third-order valence-electron chi connectivity index (χ3n) is 5.20. The largest absolute Gasteiger partial charge is 0.332 e. The number of halogens is 1. The first-order valence-corrected chi connectivity index (χ1v) is 8.41. The van der Waals surface area contributed by atoms with Crippen LogP contribution >= 0.6 is 11.6 Å². The molecule has 0 unspecified atom stereocenters. The highest BCUT2D eigenvalue weighted by Crippen LogP contribution is 2.39. The lowest BCUT2D eigenvalue weighted by atomic mass is 9.73. The molecule has 0 radical (unpaired) electrons. The van der Waals surface area contributed by atoms with Gasteiger partial charge in [0.2, 0.25) is 5.28 Å². The molecule has 2 aromatic rings. The molecule has 2 heterocycles. The van der Waals surface area contributed by atoms with Crippen LogP contribution in [-0.4, -0.2) is 18.7 Å². The Morgan fingerprint density at radius 3 is 2.39 bits per heavy atom. The standard InChI is InChI=1S/C16H23ClN4O2/c1-16(2)7-5-10(6-8-16)9-21-11-12(18-14(21)17)19(3)15(23)20(4)13(11)22/h10H,5-9H2,1-4H3. The lowest BCUT2D eigenvalue weighted by molar-refractivity contribution is 0.180. The molecule has 3 rings (SSSR count). The van der Waals surface area contributed by atoms with E-state index >= 15 is 0 Å². The van der Waals surface area contributed by atoms with Crippen molar-refractivity contribution in [2.45, 2.75) is 46.1 Å². The van der Waals surface area contributed by atoms with Crippen LogP contribution in [0.15, 0.2) is 9.59 Å². The van der Waals surface area contributed by atoms with Gasteiger partial charge in [-0.3, -0.25) is 13.9 Å². The van der Waals surface area contributed by atoms with Crippen molar-refractivity contribution in [1.82, 2.24) is 18.7 Å². The Balaban J connectivity index is 2.04. The molecule has 0 saturated heterocycles. The van der Waals surface area contributed by atoms with E-state index in [0.29, 0.717) is 29.0 Å². The van der Waals surface area contributed by atoms with Gasteiger partial charge in [0.1, 0.15) is 0 Å². The monoisotopic (exact) mass is 338 g/mol. The minimum Gasteiger partial charge on any atom is -0.308 e. The van der Waals surface area contributed by atoms with Crippen molar-refractivity contribution in [2.24, 2.45) is 25.4 Å². The Morgan fingerprint density at radius 2 is 1.78 bits per heavy atom. The van der Waals surface area contributed by atoms with Crippen molar-refractivity contribution < 1.29 is 0 Å². The quantitative estimate of drug-likeness (QED) is 0.789. The maximum absolute atomic E-state index is 12.5. The summed E-state index contributed by atoms with van der Waals surface area (Å²) in [4.78, 5) is 28.8. The first-order chi connectivity index (χ1) is 10.7. The SMILES string of the molecule is Cn1c(=O)c2c(nc(Cl)n2CC2CCC(C)(C)CC2)n(C)c1=O. The van der Waals surface area contributed by atoms with Crippen molar-refractivity contribution in [3.63, 3.8) is 0 Å². The molecule has 0 amide bonds.